The van der Waals surface area contributed by atoms with Crippen LogP contribution in [-0.4, -0.2) is 41.0 Å². The van der Waals surface area contributed by atoms with Gasteiger partial charge in [0.25, 0.3) is 0 Å². The van der Waals surface area contributed by atoms with Crippen LogP contribution in [0.1, 0.15) is 251 Å². The number of phosphoric acid groups is 1. The van der Waals surface area contributed by atoms with E-state index >= 15 is 0 Å². The highest BCUT2D eigenvalue weighted by molar-refractivity contribution is 7.46. The summed E-state index contributed by atoms with van der Waals surface area (Å²) >= 11 is 0. The van der Waals surface area contributed by atoms with Gasteiger partial charge in [0.1, 0.15) is 6.61 Å². The van der Waals surface area contributed by atoms with E-state index in [0.717, 1.165) is 51.4 Å². The molecule has 0 bridgehead atoms. The molecule has 9 heteroatoms. The molecule has 55 heavy (non-hydrogen) atoms. The number of ether oxygens (including phenoxy) is 2. The van der Waals surface area contributed by atoms with Gasteiger partial charge in [0.2, 0.25) is 0 Å². The summed E-state index contributed by atoms with van der Waals surface area (Å²) in [5.41, 5.74) is 0. The number of carbonyl (C=O) groups is 2. The second-order valence-corrected chi connectivity index (χ2v) is 17.3. The number of phosphoric ester groups is 1. The molecule has 0 aliphatic heterocycles. The van der Waals surface area contributed by atoms with Crippen LogP contribution >= 0.6 is 7.82 Å². The third-order valence-electron chi connectivity index (χ3n) is 10.5. The highest BCUT2D eigenvalue weighted by atomic mass is 31.2. The zero-order valence-electron chi connectivity index (χ0n) is 36.1. The molecule has 0 aromatic carbocycles. The third-order valence-corrected chi connectivity index (χ3v) is 11.0. The molecule has 1 unspecified atom stereocenters. The van der Waals surface area contributed by atoms with Crippen molar-refractivity contribution in [2.24, 2.45) is 0 Å². The third kappa shape index (κ3) is 45.4. The van der Waals surface area contributed by atoms with Crippen molar-refractivity contribution < 1.29 is 37.9 Å². The van der Waals surface area contributed by atoms with Gasteiger partial charge in [-0.25, -0.2) is 4.57 Å². The first kappa shape index (κ1) is 53.8. The van der Waals surface area contributed by atoms with Crippen molar-refractivity contribution in [3.05, 3.63) is 12.2 Å². The van der Waals surface area contributed by atoms with Crippen LogP contribution in [0, 0.1) is 0 Å². The van der Waals surface area contributed by atoms with Crippen molar-refractivity contribution >= 4 is 19.8 Å². The number of carbonyl (C=O) groups excluding carboxylic acids is 2. The fraction of sp³-hybridized carbons (Fsp3) is 0.913. The van der Waals surface area contributed by atoms with Gasteiger partial charge in [-0.1, -0.05) is 212 Å². The summed E-state index contributed by atoms with van der Waals surface area (Å²) in [5, 5.41) is 0. The standard InChI is InChI=1S/C46H89O8P/c1-3-5-7-9-11-13-15-17-19-20-21-22-23-24-25-26-27-29-30-32-34-36-38-40-45(47)52-42-44(43-53-55(49,50)51)54-46(48)41-39-37-35-33-31-28-18-16-14-12-10-8-6-4-2/h16,18,44H,3-15,17,19-43H2,1-2H3,(H2,49,50,51)/b18-16-. The summed E-state index contributed by atoms with van der Waals surface area (Å²) in [6.45, 7) is 3.71. The molecule has 0 spiro atoms. The molecule has 8 nitrogen and oxygen atoms in total. The second kappa shape index (κ2) is 42.4. The molecule has 0 aromatic heterocycles. The molecule has 0 aromatic rings. The molecule has 2 N–H and O–H groups in total. The van der Waals surface area contributed by atoms with Gasteiger partial charge in [-0.3, -0.25) is 14.1 Å². The summed E-state index contributed by atoms with van der Waals surface area (Å²) in [5.74, 6) is -0.880. The summed E-state index contributed by atoms with van der Waals surface area (Å²) in [6.07, 6.45) is 48.0. The van der Waals surface area contributed by atoms with E-state index in [1.807, 2.05) is 0 Å². The first-order chi connectivity index (χ1) is 26.8. The molecule has 0 saturated heterocycles. The maximum absolute atomic E-state index is 12.4. The molecule has 326 valence electrons. The van der Waals surface area contributed by atoms with Crippen molar-refractivity contribution in [1.29, 1.82) is 0 Å². The highest BCUT2D eigenvalue weighted by Crippen LogP contribution is 2.36. The molecule has 0 aliphatic carbocycles. The zero-order chi connectivity index (χ0) is 40.3. The molecular formula is C46H89O8P. The lowest BCUT2D eigenvalue weighted by Crippen LogP contribution is -2.29. The van der Waals surface area contributed by atoms with E-state index in [-0.39, 0.29) is 19.4 Å². The van der Waals surface area contributed by atoms with Gasteiger partial charge in [-0.2, -0.15) is 0 Å². The Hall–Kier alpha value is -1.21. The first-order valence-electron chi connectivity index (χ1n) is 23.5. The van der Waals surface area contributed by atoms with E-state index in [0.29, 0.717) is 6.42 Å². The minimum atomic E-state index is -4.75. The Labute approximate surface area is 339 Å². The Morgan fingerprint density at radius 1 is 0.455 bits per heavy atom. The summed E-state index contributed by atoms with van der Waals surface area (Å²) in [4.78, 5) is 42.9. The predicted octanol–water partition coefficient (Wildman–Crippen LogP) is 14.6. The minimum Gasteiger partial charge on any atom is -0.462 e. The van der Waals surface area contributed by atoms with Crippen LogP contribution in [0.4, 0.5) is 0 Å². The van der Waals surface area contributed by atoms with Gasteiger partial charge in [0.05, 0.1) is 6.61 Å². The van der Waals surface area contributed by atoms with Crippen molar-refractivity contribution in [3.8, 4) is 0 Å². The maximum Gasteiger partial charge on any atom is 0.469 e. The van der Waals surface area contributed by atoms with Crippen LogP contribution in [0.25, 0.3) is 0 Å². The number of allylic oxidation sites excluding steroid dienone is 2. The van der Waals surface area contributed by atoms with Crippen LogP contribution in [0.5, 0.6) is 0 Å². The largest absolute Gasteiger partial charge is 0.469 e. The van der Waals surface area contributed by atoms with Crippen LogP contribution in [0.3, 0.4) is 0 Å². The number of unbranched alkanes of at least 4 members (excludes halogenated alkanes) is 32. The number of esters is 2. The van der Waals surface area contributed by atoms with Crippen LogP contribution in [0.2, 0.25) is 0 Å². The summed E-state index contributed by atoms with van der Waals surface area (Å²) in [6, 6.07) is 0. The fourth-order valence-corrected chi connectivity index (χ4v) is 7.38. The van der Waals surface area contributed by atoms with E-state index in [4.69, 9.17) is 19.3 Å². The van der Waals surface area contributed by atoms with E-state index < -0.39 is 32.5 Å². The molecule has 0 saturated carbocycles. The lowest BCUT2D eigenvalue weighted by atomic mass is 10.0. The Balaban J connectivity index is 3.78. The SMILES string of the molecule is CCCCCCC/C=C\CCCCCCCC(=O)OC(COC(=O)CCCCCCCCCCCCCCCCCCCCCCCCC)COP(=O)(O)O. The minimum absolute atomic E-state index is 0.206. The molecule has 0 rings (SSSR count). The monoisotopic (exact) mass is 801 g/mol. The summed E-state index contributed by atoms with van der Waals surface area (Å²) in [7, 11) is -4.75. The lowest BCUT2D eigenvalue weighted by Gasteiger charge is -2.18. The normalized spacial score (nSPS) is 12.4. The Morgan fingerprint density at radius 2 is 0.764 bits per heavy atom. The molecule has 0 aliphatic rings. The van der Waals surface area contributed by atoms with E-state index in [9.17, 15) is 14.2 Å². The van der Waals surface area contributed by atoms with Gasteiger partial charge in [0, 0.05) is 12.8 Å². The molecule has 0 amide bonds. The zero-order valence-corrected chi connectivity index (χ0v) is 37.0. The van der Waals surface area contributed by atoms with Crippen molar-refractivity contribution in [2.45, 2.75) is 258 Å². The molecule has 1 atom stereocenters. The van der Waals surface area contributed by atoms with Crippen LogP contribution in [0.15, 0.2) is 12.2 Å². The predicted molar refractivity (Wildman–Crippen MR) is 230 cm³/mol. The maximum atomic E-state index is 12.4. The number of rotatable bonds is 44. The number of hydrogen-bond donors (Lipinski definition) is 2. The molecular weight excluding hydrogens is 711 g/mol. The number of hydrogen-bond acceptors (Lipinski definition) is 6. The second-order valence-electron chi connectivity index (χ2n) is 16.1. The first-order valence-corrected chi connectivity index (χ1v) is 25.0. The van der Waals surface area contributed by atoms with Crippen molar-refractivity contribution in [1.82, 2.24) is 0 Å². The van der Waals surface area contributed by atoms with Crippen LogP contribution in [-0.2, 0) is 28.2 Å². The Morgan fingerprint density at radius 3 is 1.11 bits per heavy atom. The van der Waals surface area contributed by atoms with Gasteiger partial charge >= 0.3 is 19.8 Å². The van der Waals surface area contributed by atoms with Crippen LogP contribution < -0.4 is 0 Å². The van der Waals surface area contributed by atoms with Crippen molar-refractivity contribution in [3.63, 3.8) is 0 Å². The Bertz CT molecular complexity index is 904. The average molecular weight is 801 g/mol. The van der Waals surface area contributed by atoms with Gasteiger partial charge in [-0.05, 0) is 38.5 Å². The molecule has 0 heterocycles. The van der Waals surface area contributed by atoms with Gasteiger partial charge < -0.3 is 19.3 Å². The van der Waals surface area contributed by atoms with E-state index in [1.54, 1.807) is 0 Å². The Kier molecular flexibility index (Phi) is 41.5. The van der Waals surface area contributed by atoms with Crippen molar-refractivity contribution in [2.75, 3.05) is 13.2 Å². The quantitative estimate of drug-likeness (QED) is 0.0271. The molecule has 0 radical (unpaired) electrons. The van der Waals surface area contributed by atoms with E-state index in [1.165, 1.54) is 167 Å². The van der Waals surface area contributed by atoms with Gasteiger partial charge in [0.15, 0.2) is 6.10 Å². The fourth-order valence-electron chi connectivity index (χ4n) is 7.02. The lowest BCUT2D eigenvalue weighted by molar-refractivity contribution is -0.161. The average Bonchev–Trinajstić information content (AvgIpc) is 3.16. The summed E-state index contributed by atoms with van der Waals surface area (Å²) < 4.78 is 26.4. The topological polar surface area (TPSA) is 119 Å². The van der Waals surface area contributed by atoms with E-state index in [2.05, 4.69) is 30.5 Å². The smallest absolute Gasteiger partial charge is 0.462 e. The highest BCUT2D eigenvalue weighted by Gasteiger charge is 2.23. The molecule has 0 fully saturated rings. The van der Waals surface area contributed by atoms with Gasteiger partial charge in [-0.15, -0.1) is 0 Å².